The van der Waals surface area contributed by atoms with Crippen LogP contribution in [0.15, 0.2) is 36.9 Å². The highest BCUT2D eigenvalue weighted by Gasteiger charge is 2.49. The van der Waals surface area contributed by atoms with Crippen molar-refractivity contribution in [3.05, 3.63) is 54.1 Å². The number of hydrogen-bond donors (Lipinski definition) is 1. The van der Waals surface area contributed by atoms with E-state index in [-0.39, 0.29) is 79.7 Å². The van der Waals surface area contributed by atoms with Crippen molar-refractivity contribution in [3.8, 4) is 29.1 Å². The van der Waals surface area contributed by atoms with Crippen LogP contribution in [0.4, 0.5) is 18.2 Å². The van der Waals surface area contributed by atoms with Gasteiger partial charge in [0.05, 0.1) is 27.7 Å². The van der Waals surface area contributed by atoms with E-state index in [1.807, 2.05) is 13.0 Å². The summed E-state index contributed by atoms with van der Waals surface area (Å²) >= 11 is 0.928. The average molecular weight is 649 g/mol. The number of anilines is 1. The number of carbonyl (C=O) groups excluding carboxylic acids is 1. The number of benzene rings is 2. The summed E-state index contributed by atoms with van der Waals surface area (Å²) < 4.78 is 58.4. The zero-order valence-electron chi connectivity index (χ0n) is 25.1. The Morgan fingerprint density at radius 3 is 2.85 bits per heavy atom. The third-order valence-electron chi connectivity index (χ3n) is 9.47. The Morgan fingerprint density at radius 2 is 2.07 bits per heavy atom. The zero-order chi connectivity index (χ0) is 32.3. The van der Waals surface area contributed by atoms with Gasteiger partial charge in [0.1, 0.15) is 41.3 Å². The van der Waals surface area contributed by atoms with E-state index in [1.165, 1.54) is 24.3 Å². The molecule has 5 heterocycles. The predicted octanol–water partition coefficient (Wildman–Crippen LogP) is 5.75. The van der Waals surface area contributed by atoms with Gasteiger partial charge in [-0.2, -0.15) is 15.2 Å². The molecule has 7 rings (SSSR count). The van der Waals surface area contributed by atoms with Gasteiger partial charge >= 0.3 is 6.01 Å². The first kappa shape index (κ1) is 30.3. The maximum Gasteiger partial charge on any atom is 0.320 e. The van der Waals surface area contributed by atoms with Crippen molar-refractivity contribution < 1.29 is 27.4 Å². The molecular weight excluding hydrogens is 617 g/mol. The molecule has 0 bridgehead atoms. The van der Waals surface area contributed by atoms with E-state index in [4.69, 9.17) is 15.2 Å². The summed E-state index contributed by atoms with van der Waals surface area (Å²) in [5.41, 5.74) is 5.88. The quantitative estimate of drug-likeness (QED) is 0.252. The Morgan fingerprint density at radius 1 is 1.26 bits per heavy atom. The summed E-state index contributed by atoms with van der Waals surface area (Å²) in [5, 5.41) is 10.4. The van der Waals surface area contributed by atoms with Crippen LogP contribution in [-0.4, -0.2) is 75.8 Å². The summed E-state index contributed by atoms with van der Waals surface area (Å²) in [5.74, 6) is -1.45. The molecule has 0 radical (unpaired) electrons. The number of likely N-dealkylation sites (tertiary alicyclic amines) is 1. The molecule has 13 heteroatoms. The smallest absolute Gasteiger partial charge is 0.320 e. The summed E-state index contributed by atoms with van der Waals surface area (Å²) in [4.78, 5) is 25.1. The van der Waals surface area contributed by atoms with E-state index in [2.05, 4.69) is 21.4 Å². The number of amides is 1. The lowest BCUT2D eigenvalue weighted by atomic mass is 9.95. The summed E-state index contributed by atoms with van der Waals surface area (Å²) in [7, 11) is 0. The molecule has 238 valence electrons. The number of nitrogens with two attached hydrogens (primary N) is 1. The molecule has 0 spiro atoms. The molecule has 46 heavy (non-hydrogen) atoms. The molecule has 0 saturated carbocycles. The Labute approximate surface area is 267 Å². The molecule has 3 aliphatic heterocycles. The van der Waals surface area contributed by atoms with Crippen molar-refractivity contribution in [2.45, 2.75) is 56.5 Å². The predicted molar refractivity (Wildman–Crippen MR) is 168 cm³/mol. The van der Waals surface area contributed by atoms with E-state index in [0.29, 0.717) is 19.4 Å². The van der Waals surface area contributed by atoms with Crippen molar-refractivity contribution in [1.82, 2.24) is 19.8 Å². The fourth-order valence-corrected chi connectivity index (χ4v) is 8.25. The lowest BCUT2D eigenvalue weighted by Crippen LogP contribution is -2.43. The van der Waals surface area contributed by atoms with Gasteiger partial charge in [-0.1, -0.05) is 18.7 Å². The van der Waals surface area contributed by atoms with Crippen LogP contribution in [0.5, 0.6) is 11.9 Å². The standard InChI is InChI=1S/C33H31F3N6O3S/c1-3-25(43)42-15-19(11-17(42)2)45-31-22-6-5-21(20-7-8-24(35)29-26(20)23(13-37)30(38)46-29)27(36)28(22)39-32(40-31)44-16-33-9-4-10-41(33)14-18(34)12-33/h3,5-8,17-19H,1,4,9-12,14-16,38H2,2H3/t17-,18-,19-,33+/m1/s1. The molecule has 3 saturated heterocycles. The highest BCUT2D eigenvalue weighted by Crippen LogP contribution is 2.44. The summed E-state index contributed by atoms with van der Waals surface area (Å²) in [6.45, 7) is 7.02. The molecule has 1 amide bonds. The lowest BCUT2D eigenvalue weighted by molar-refractivity contribution is -0.126. The number of hydrogen-bond acceptors (Lipinski definition) is 9. The van der Waals surface area contributed by atoms with Gasteiger partial charge in [-0.25, -0.2) is 13.2 Å². The topological polar surface area (TPSA) is 118 Å². The van der Waals surface area contributed by atoms with Crippen LogP contribution < -0.4 is 15.2 Å². The van der Waals surface area contributed by atoms with Gasteiger partial charge < -0.3 is 20.1 Å². The van der Waals surface area contributed by atoms with E-state index in [1.54, 1.807) is 11.0 Å². The van der Waals surface area contributed by atoms with Gasteiger partial charge in [0.2, 0.25) is 11.8 Å². The van der Waals surface area contributed by atoms with Crippen molar-refractivity contribution in [3.63, 3.8) is 0 Å². The fraction of sp³-hybridized carbons (Fsp3) is 0.394. The molecule has 4 atom stereocenters. The fourth-order valence-electron chi connectivity index (χ4n) is 7.30. The van der Waals surface area contributed by atoms with Crippen molar-refractivity contribution in [2.24, 2.45) is 0 Å². The third-order valence-corrected chi connectivity index (χ3v) is 10.5. The van der Waals surface area contributed by atoms with Gasteiger partial charge in [0.15, 0.2) is 5.82 Å². The second kappa shape index (κ2) is 11.4. The first-order chi connectivity index (χ1) is 22.1. The average Bonchev–Trinajstić information content (AvgIpc) is 3.77. The van der Waals surface area contributed by atoms with E-state index >= 15 is 4.39 Å². The van der Waals surface area contributed by atoms with Crippen LogP contribution in [0.1, 0.15) is 38.2 Å². The summed E-state index contributed by atoms with van der Waals surface area (Å²) in [6.07, 6.45) is 2.39. The maximum absolute atomic E-state index is 16.7. The van der Waals surface area contributed by atoms with Crippen molar-refractivity contribution >= 4 is 43.2 Å². The van der Waals surface area contributed by atoms with E-state index in [9.17, 15) is 18.8 Å². The minimum Gasteiger partial charge on any atom is -0.472 e. The van der Waals surface area contributed by atoms with Crippen LogP contribution in [0.25, 0.3) is 32.1 Å². The van der Waals surface area contributed by atoms with Gasteiger partial charge in [-0.3, -0.25) is 9.69 Å². The van der Waals surface area contributed by atoms with Crippen LogP contribution in [0, 0.1) is 23.0 Å². The molecule has 0 unspecified atom stereocenters. The number of aromatic nitrogens is 2. The van der Waals surface area contributed by atoms with Gasteiger partial charge in [-0.15, -0.1) is 11.3 Å². The van der Waals surface area contributed by atoms with Crippen LogP contribution >= 0.6 is 11.3 Å². The van der Waals surface area contributed by atoms with E-state index < -0.39 is 29.4 Å². The first-order valence-corrected chi connectivity index (χ1v) is 16.0. The number of thiophene rings is 1. The maximum atomic E-state index is 16.7. The zero-order valence-corrected chi connectivity index (χ0v) is 25.9. The second-order valence-electron chi connectivity index (χ2n) is 12.3. The molecule has 3 aliphatic rings. The molecule has 9 nitrogen and oxygen atoms in total. The monoisotopic (exact) mass is 648 g/mol. The SMILES string of the molecule is C=CC(=O)N1C[C@H](Oc2nc(OC[C@@]34CCCN3C[C@H](F)C4)nc3c(F)c(-c4ccc(F)c5sc(N)c(C#N)c45)ccc23)C[C@H]1C. The van der Waals surface area contributed by atoms with Crippen molar-refractivity contribution in [2.75, 3.05) is 32.0 Å². The molecule has 3 fully saturated rings. The third kappa shape index (κ3) is 4.91. The number of halogens is 3. The number of carbonyl (C=O) groups is 1. The highest BCUT2D eigenvalue weighted by atomic mass is 32.1. The van der Waals surface area contributed by atoms with Crippen LogP contribution in [0.2, 0.25) is 0 Å². The largest absolute Gasteiger partial charge is 0.472 e. The highest BCUT2D eigenvalue weighted by molar-refractivity contribution is 7.23. The number of fused-ring (bicyclic) bond motifs is 3. The number of rotatable bonds is 7. The number of nitrogens with zero attached hydrogens (tertiary/aromatic N) is 5. The molecule has 2 aromatic carbocycles. The normalized spacial score (nSPS) is 24.4. The lowest BCUT2D eigenvalue weighted by Gasteiger charge is -2.30. The number of nitrogen functional groups attached to an aromatic ring is 1. The van der Waals surface area contributed by atoms with Gasteiger partial charge in [0.25, 0.3) is 0 Å². The van der Waals surface area contributed by atoms with Gasteiger partial charge in [0, 0.05) is 36.4 Å². The molecule has 0 aliphatic carbocycles. The number of nitriles is 1. The van der Waals surface area contributed by atoms with Crippen LogP contribution in [-0.2, 0) is 4.79 Å². The Bertz CT molecular complexity index is 1950. The number of alkyl halides is 1. The molecule has 4 aromatic rings. The first-order valence-electron chi connectivity index (χ1n) is 15.1. The Balaban J connectivity index is 1.32. The van der Waals surface area contributed by atoms with Gasteiger partial charge in [-0.05, 0) is 50.1 Å². The molecular formula is C33H31F3N6O3S. The molecule has 2 N–H and O–H groups in total. The van der Waals surface area contributed by atoms with Crippen molar-refractivity contribution in [1.29, 1.82) is 5.26 Å². The second-order valence-corrected chi connectivity index (χ2v) is 13.3. The minimum atomic E-state index is -0.956. The van der Waals surface area contributed by atoms with Crippen LogP contribution in [0.3, 0.4) is 0 Å². The van der Waals surface area contributed by atoms with E-state index in [0.717, 1.165) is 30.7 Å². The Kier molecular flexibility index (Phi) is 7.52. The number of ether oxygens (including phenoxy) is 2. The Hall–Kier alpha value is -4.41. The summed E-state index contributed by atoms with van der Waals surface area (Å²) in [6, 6.07) is 7.52. The molecule has 2 aromatic heterocycles. The minimum absolute atomic E-state index is 0.0711.